The van der Waals surface area contributed by atoms with Gasteiger partial charge in [0.1, 0.15) is 5.75 Å². The van der Waals surface area contributed by atoms with Gasteiger partial charge in [-0.3, -0.25) is 0 Å². The lowest BCUT2D eigenvalue weighted by atomic mass is 9.96. The Balaban J connectivity index is 3.57. The molecule has 1 aromatic carbocycles. The molecule has 0 amide bonds. The second kappa shape index (κ2) is 5.26. The number of alkyl halides is 1. The van der Waals surface area contributed by atoms with Crippen LogP contribution in [0.4, 0.5) is 0 Å². The molecule has 0 saturated heterocycles. The van der Waals surface area contributed by atoms with Gasteiger partial charge in [-0.05, 0) is 37.5 Å². The highest BCUT2D eigenvalue weighted by Crippen LogP contribution is 2.39. The van der Waals surface area contributed by atoms with Crippen molar-refractivity contribution in [2.24, 2.45) is 0 Å². The van der Waals surface area contributed by atoms with Crippen LogP contribution in [0.1, 0.15) is 28.4 Å². The Kier molecular flexibility index (Phi) is 4.48. The number of halogens is 2. The van der Waals surface area contributed by atoms with Crippen LogP contribution in [-0.4, -0.2) is 18.1 Å². The molecular formula is C12H16Cl2O2. The van der Waals surface area contributed by atoms with Crippen molar-refractivity contribution in [2.45, 2.75) is 26.9 Å². The van der Waals surface area contributed by atoms with E-state index in [1.165, 1.54) is 0 Å². The van der Waals surface area contributed by atoms with E-state index in [2.05, 4.69) is 0 Å². The van der Waals surface area contributed by atoms with E-state index in [0.29, 0.717) is 16.3 Å². The second-order valence-corrected chi connectivity index (χ2v) is 4.49. The fraction of sp³-hybridized carbons (Fsp3) is 0.500. The number of ether oxygens (including phenoxy) is 1. The first-order chi connectivity index (χ1) is 7.45. The number of methoxy groups -OCH3 is 1. The highest BCUT2D eigenvalue weighted by molar-refractivity contribution is 6.32. The molecule has 0 bridgehead atoms. The van der Waals surface area contributed by atoms with E-state index in [-0.39, 0.29) is 5.88 Å². The summed E-state index contributed by atoms with van der Waals surface area (Å²) in [7, 11) is 1.58. The summed E-state index contributed by atoms with van der Waals surface area (Å²) in [6.45, 7) is 5.72. The minimum absolute atomic E-state index is 0.121. The Morgan fingerprint density at radius 1 is 1.19 bits per heavy atom. The van der Waals surface area contributed by atoms with Gasteiger partial charge in [0.05, 0.1) is 19.1 Å². The van der Waals surface area contributed by atoms with Crippen LogP contribution in [0.5, 0.6) is 5.75 Å². The zero-order valence-corrected chi connectivity index (χ0v) is 11.4. The predicted molar refractivity (Wildman–Crippen MR) is 67.9 cm³/mol. The van der Waals surface area contributed by atoms with Crippen LogP contribution in [0.3, 0.4) is 0 Å². The van der Waals surface area contributed by atoms with Gasteiger partial charge in [-0.2, -0.15) is 0 Å². The normalized spacial score (nSPS) is 12.7. The quantitative estimate of drug-likeness (QED) is 0.845. The van der Waals surface area contributed by atoms with Crippen LogP contribution in [0, 0.1) is 20.8 Å². The van der Waals surface area contributed by atoms with E-state index >= 15 is 0 Å². The summed E-state index contributed by atoms with van der Waals surface area (Å²) in [5, 5.41) is 10.6. The zero-order valence-electron chi connectivity index (χ0n) is 9.90. The Hall–Kier alpha value is -0.440. The molecule has 0 heterocycles. The average Bonchev–Trinajstić information content (AvgIpc) is 2.29. The SMILES string of the molecule is COc1c(C)c(C)c(Cl)c(C)c1C(O)CCl. The molecule has 0 aromatic heterocycles. The van der Waals surface area contributed by atoms with E-state index < -0.39 is 6.10 Å². The molecule has 1 unspecified atom stereocenters. The van der Waals surface area contributed by atoms with Gasteiger partial charge in [-0.1, -0.05) is 11.6 Å². The van der Waals surface area contributed by atoms with E-state index in [1.54, 1.807) is 7.11 Å². The average molecular weight is 263 g/mol. The lowest BCUT2D eigenvalue weighted by molar-refractivity contribution is 0.196. The third-order valence-corrected chi connectivity index (χ3v) is 3.75. The van der Waals surface area contributed by atoms with E-state index in [4.69, 9.17) is 27.9 Å². The van der Waals surface area contributed by atoms with Crippen LogP contribution >= 0.6 is 23.2 Å². The Morgan fingerprint density at radius 3 is 2.19 bits per heavy atom. The molecule has 1 rings (SSSR count). The Morgan fingerprint density at radius 2 is 1.75 bits per heavy atom. The van der Waals surface area contributed by atoms with Gasteiger partial charge in [0.15, 0.2) is 0 Å². The topological polar surface area (TPSA) is 29.5 Å². The number of hydrogen-bond acceptors (Lipinski definition) is 2. The first-order valence-corrected chi connectivity index (χ1v) is 5.94. The molecule has 0 aliphatic heterocycles. The maximum absolute atomic E-state index is 9.89. The monoisotopic (exact) mass is 262 g/mol. The highest BCUT2D eigenvalue weighted by atomic mass is 35.5. The smallest absolute Gasteiger partial charge is 0.128 e. The maximum atomic E-state index is 9.89. The molecule has 0 aliphatic carbocycles. The molecule has 2 nitrogen and oxygen atoms in total. The summed E-state index contributed by atoms with van der Waals surface area (Å²) in [4.78, 5) is 0. The Labute approximate surface area is 106 Å². The van der Waals surface area contributed by atoms with Crippen molar-refractivity contribution in [2.75, 3.05) is 13.0 Å². The molecule has 0 radical (unpaired) electrons. The van der Waals surface area contributed by atoms with Crippen LogP contribution in [-0.2, 0) is 0 Å². The fourth-order valence-corrected chi connectivity index (χ4v) is 2.25. The first-order valence-electron chi connectivity index (χ1n) is 5.02. The summed E-state index contributed by atoms with van der Waals surface area (Å²) in [5.41, 5.74) is 3.43. The summed E-state index contributed by atoms with van der Waals surface area (Å²) < 4.78 is 5.34. The van der Waals surface area contributed by atoms with Crippen molar-refractivity contribution in [1.82, 2.24) is 0 Å². The summed E-state index contributed by atoms with van der Waals surface area (Å²) >= 11 is 11.9. The van der Waals surface area contributed by atoms with Crippen molar-refractivity contribution in [3.8, 4) is 5.75 Å². The first kappa shape index (κ1) is 13.6. The zero-order chi connectivity index (χ0) is 12.5. The molecule has 1 N–H and O–H groups in total. The summed E-state index contributed by atoms with van der Waals surface area (Å²) in [6, 6.07) is 0. The van der Waals surface area contributed by atoms with Crippen molar-refractivity contribution < 1.29 is 9.84 Å². The summed E-state index contributed by atoms with van der Waals surface area (Å²) in [5.74, 6) is 0.795. The number of benzene rings is 1. The van der Waals surface area contributed by atoms with Gasteiger partial charge < -0.3 is 9.84 Å². The van der Waals surface area contributed by atoms with Crippen molar-refractivity contribution >= 4 is 23.2 Å². The molecule has 0 spiro atoms. The van der Waals surface area contributed by atoms with Gasteiger partial charge in [0.2, 0.25) is 0 Å². The number of aliphatic hydroxyl groups is 1. The minimum Gasteiger partial charge on any atom is -0.496 e. The van der Waals surface area contributed by atoms with Crippen molar-refractivity contribution in [3.05, 3.63) is 27.3 Å². The molecule has 1 aromatic rings. The second-order valence-electron chi connectivity index (χ2n) is 3.81. The van der Waals surface area contributed by atoms with Crippen molar-refractivity contribution in [1.29, 1.82) is 0 Å². The number of aliphatic hydroxyl groups excluding tert-OH is 1. The molecule has 90 valence electrons. The molecule has 16 heavy (non-hydrogen) atoms. The molecule has 0 saturated carbocycles. The van der Waals surface area contributed by atoms with E-state index in [1.807, 2.05) is 20.8 Å². The van der Waals surface area contributed by atoms with Crippen LogP contribution < -0.4 is 4.74 Å². The lowest BCUT2D eigenvalue weighted by Crippen LogP contribution is -2.07. The lowest BCUT2D eigenvalue weighted by Gasteiger charge is -2.21. The standard InChI is InChI=1S/C12H16Cl2O2/c1-6-7(2)12(16-4)10(9(15)5-13)8(3)11(6)14/h9,15H,5H2,1-4H3. The van der Waals surface area contributed by atoms with Crippen LogP contribution in [0.2, 0.25) is 5.02 Å². The van der Waals surface area contributed by atoms with Gasteiger partial charge in [0.25, 0.3) is 0 Å². The maximum Gasteiger partial charge on any atom is 0.128 e. The minimum atomic E-state index is -0.756. The third kappa shape index (κ3) is 2.15. The molecule has 4 heteroatoms. The highest BCUT2D eigenvalue weighted by Gasteiger charge is 2.21. The van der Waals surface area contributed by atoms with Gasteiger partial charge in [-0.25, -0.2) is 0 Å². The van der Waals surface area contributed by atoms with Crippen LogP contribution in [0.15, 0.2) is 0 Å². The Bertz CT molecular complexity index is 403. The number of rotatable bonds is 3. The molecule has 0 fully saturated rings. The predicted octanol–water partition coefficient (Wildman–Crippen LogP) is 3.55. The van der Waals surface area contributed by atoms with E-state index in [9.17, 15) is 5.11 Å². The van der Waals surface area contributed by atoms with E-state index in [0.717, 1.165) is 16.7 Å². The third-order valence-electron chi connectivity index (χ3n) is 2.89. The number of hydrogen-bond donors (Lipinski definition) is 1. The largest absolute Gasteiger partial charge is 0.496 e. The van der Waals surface area contributed by atoms with Crippen LogP contribution in [0.25, 0.3) is 0 Å². The molecule has 0 aliphatic rings. The van der Waals surface area contributed by atoms with Gasteiger partial charge in [0, 0.05) is 10.6 Å². The van der Waals surface area contributed by atoms with Crippen molar-refractivity contribution in [3.63, 3.8) is 0 Å². The molecular weight excluding hydrogens is 247 g/mol. The summed E-state index contributed by atoms with van der Waals surface area (Å²) in [6.07, 6.45) is -0.756. The van der Waals surface area contributed by atoms with Gasteiger partial charge >= 0.3 is 0 Å². The van der Waals surface area contributed by atoms with Gasteiger partial charge in [-0.15, -0.1) is 11.6 Å². The molecule has 1 atom stereocenters. The fourth-order valence-electron chi connectivity index (χ4n) is 1.85.